The molecule has 1 aliphatic heterocycles. The molecule has 0 atom stereocenters. The highest BCUT2D eigenvalue weighted by atomic mass is 32.2. The molecule has 4 rings (SSSR count). The number of aryl methyl sites for hydroxylation is 3. The van der Waals surface area contributed by atoms with Gasteiger partial charge in [-0.15, -0.1) is 0 Å². The summed E-state index contributed by atoms with van der Waals surface area (Å²) < 4.78 is 35.3. The smallest absolute Gasteiger partial charge is 0.243 e. The molecule has 0 unspecified atom stereocenters. The number of imidazole rings is 1. The summed E-state index contributed by atoms with van der Waals surface area (Å²) >= 11 is 0. The largest absolute Gasteiger partial charge is 0.496 e. The maximum Gasteiger partial charge on any atom is 0.243 e. The van der Waals surface area contributed by atoms with Crippen molar-refractivity contribution in [2.75, 3.05) is 38.2 Å². The first kappa shape index (κ1) is 21.3. The minimum absolute atomic E-state index is 0.333. The second-order valence-corrected chi connectivity index (χ2v) is 9.46. The van der Waals surface area contributed by atoms with Crippen LogP contribution in [-0.4, -0.2) is 65.5 Å². The molecule has 0 saturated carbocycles. The monoisotopic (exact) mass is 442 g/mol. The molecule has 0 aliphatic carbocycles. The summed E-state index contributed by atoms with van der Waals surface area (Å²) in [5.74, 6) is 3.03. The number of hydrogen-bond donors (Lipinski definition) is 0. The van der Waals surface area contributed by atoms with Crippen LogP contribution in [0.1, 0.15) is 17.0 Å². The van der Waals surface area contributed by atoms with Crippen LogP contribution < -0.4 is 9.64 Å². The number of piperazine rings is 1. The number of ether oxygens (including phenoxy) is 1. The number of nitrogens with zero attached hydrogens (tertiary/aromatic N) is 6. The third-order valence-corrected chi connectivity index (χ3v) is 7.62. The van der Waals surface area contributed by atoms with Crippen LogP contribution in [0.4, 0.5) is 5.82 Å². The number of anilines is 1. The summed E-state index contributed by atoms with van der Waals surface area (Å²) in [6.07, 6.45) is 5.10. The van der Waals surface area contributed by atoms with Crippen molar-refractivity contribution >= 4 is 15.8 Å². The third-order valence-electron chi connectivity index (χ3n) is 5.58. The van der Waals surface area contributed by atoms with Gasteiger partial charge >= 0.3 is 0 Å². The predicted octanol–water partition coefficient (Wildman–Crippen LogP) is 2.11. The molecule has 1 aliphatic rings. The van der Waals surface area contributed by atoms with Crippen LogP contribution in [0.5, 0.6) is 5.75 Å². The van der Waals surface area contributed by atoms with Crippen molar-refractivity contribution in [1.82, 2.24) is 23.8 Å². The van der Waals surface area contributed by atoms with E-state index in [2.05, 4.69) is 19.9 Å². The van der Waals surface area contributed by atoms with Crippen molar-refractivity contribution in [3.8, 4) is 11.6 Å². The van der Waals surface area contributed by atoms with Gasteiger partial charge in [-0.3, -0.25) is 4.57 Å². The van der Waals surface area contributed by atoms with Crippen molar-refractivity contribution in [3.63, 3.8) is 0 Å². The Kier molecular flexibility index (Phi) is 5.67. The van der Waals surface area contributed by atoms with E-state index in [0.717, 1.165) is 23.0 Å². The van der Waals surface area contributed by atoms with Crippen LogP contribution in [0.2, 0.25) is 0 Å². The first-order valence-corrected chi connectivity index (χ1v) is 11.5. The Morgan fingerprint density at radius 1 is 0.903 bits per heavy atom. The SMILES string of the molecule is COc1cc(C)c(S(=O)(=O)N2CCN(c3cc(-n4ccnc4C)ncn3)CC2)cc1C. The topological polar surface area (TPSA) is 93.5 Å². The van der Waals surface area contributed by atoms with E-state index in [-0.39, 0.29) is 0 Å². The van der Waals surface area contributed by atoms with Gasteiger partial charge in [0.05, 0.1) is 12.0 Å². The van der Waals surface area contributed by atoms with Gasteiger partial charge in [-0.25, -0.2) is 23.4 Å². The highest BCUT2D eigenvalue weighted by Gasteiger charge is 2.30. The van der Waals surface area contributed by atoms with Crippen molar-refractivity contribution in [3.05, 3.63) is 53.9 Å². The zero-order valence-corrected chi connectivity index (χ0v) is 18.9. The number of aromatic nitrogens is 4. The molecule has 10 heteroatoms. The van der Waals surface area contributed by atoms with E-state index in [1.165, 1.54) is 6.33 Å². The van der Waals surface area contributed by atoms with E-state index in [4.69, 9.17) is 4.74 Å². The molecular formula is C21H26N6O3S. The fraction of sp³-hybridized carbons (Fsp3) is 0.381. The van der Waals surface area contributed by atoms with Crippen molar-refractivity contribution in [2.24, 2.45) is 0 Å². The minimum atomic E-state index is -3.59. The van der Waals surface area contributed by atoms with E-state index in [9.17, 15) is 8.42 Å². The average molecular weight is 443 g/mol. The molecule has 0 spiro atoms. The number of rotatable bonds is 5. The second kappa shape index (κ2) is 8.27. The van der Waals surface area contributed by atoms with Crippen LogP contribution in [0.3, 0.4) is 0 Å². The normalized spacial score (nSPS) is 15.3. The van der Waals surface area contributed by atoms with Gasteiger partial charge in [0.2, 0.25) is 10.0 Å². The van der Waals surface area contributed by atoms with E-state index >= 15 is 0 Å². The lowest BCUT2D eigenvalue weighted by Crippen LogP contribution is -2.49. The fourth-order valence-corrected chi connectivity index (χ4v) is 5.53. The molecule has 164 valence electrons. The average Bonchev–Trinajstić information content (AvgIpc) is 3.21. The Labute approximate surface area is 182 Å². The number of benzene rings is 1. The zero-order chi connectivity index (χ0) is 22.2. The Hall–Kier alpha value is -2.98. The quantitative estimate of drug-likeness (QED) is 0.597. The van der Waals surface area contributed by atoms with Crippen LogP contribution in [0.25, 0.3) is 5.82 Å². The zero-order valence-electron chi connectivity index (χ0n) is 18.1. The van der Waals surface area contributed by atoms with Gasteiger partial charge in [-0.1, -0.05) is 0 Å². The molecule has 3 aromatic rings. The Bertz CT molecular complexity index is 1200. The van der Waals surface area contributed by atoms with E-state index < -0.39 is 10.0 Å². The van der Waals surface area contributed by atoms with Crippen LogP contribution in [-0.2, 0) is 10.0 Å². The summed E-state index contributed by atoms with van der Waals surface area (Å²) in [4.78, 5) is 15.4. The molecule has 2 aromatic heterocycles. The number of hydrogen-bond acceptors (Lipinski definition) is 7. The molecule has 0 radical (unpaired) electrons. The molecule has 1 aromatic carbocycles. The first-order valence-electron chi connectivity index (χ1n) is 10.0. The molecule has 3 heterocycles. The standard InChI is InChI=1S/C21H26N6O3S/c1-15-12-19(16(2)11-18(15)30-4)31(28,29)26-9-7-25(8-10-26)20-13-21(24-14-23-20)27-6-5-22-17(27)3/h5-6,11-14H,7-10H2,1-4H3. The van der Waals surface area contributed by atoms with Gasteiger partial charge in [0.15, 0.2) is 0 Å². The van der Waals surface area contributed by atoms with Crippen LogP contribution in [0.15, 0.2) is 41.8 Å². The molecule has 9 nitrogen and oxygen atoms in total. The Morgan fingerprint density at radius 3 is 2.26 bits per heavy atom. The molecule has 0 amide bonds. The molecule has 1 fully saturated rings. The predicted molar refractivity (Wildman–Crippen MR) is 117 cm³/mol. The maximum atomic E-state index is 13.3. The summed E-state index contributed by atoms with van der Waals surface area (Å²) in [5.41, 5.74) is 1.48. The number of sulfonamides is 1. The van der Waals surface area contributed by atoms with Gasteiger partial charge in [-0.05, 0) is 44.0 Å². The molecule has 31 heavy (non-hydrogen) atoms. The van der Waals surface area contributed by atoms with Gasteiger partial charge in [0.1, 0.15) is 29.5 Å². The lowest BCUT2D eigenvalue weighted by Gasteiger charge is -2.35. The van der Waals surface area contributed by atoms with E-state index in [1.807, 2.05) is 30.7 Å². The highest BCUT2D eigenvalue weighted by Crippen LogP contribution is 2.28. The molecule has 0 N–H and O–H groups in total. The lowest BCUT2D eigenvalue weighted by atomic mass is 10.1. The summed E-state index contributed by atoms with van der Waals surface area (Å²) in [6, 6.07) is 5.37. The third kappa shape index (κ3) is 4.00. The molecule has 0 bridgehead atoms. The van der Waals surface area contributed by atoms with Crippen molar-refractivity contribution in [2.45, 2.75) is 25.7 Å². The highest BCUT2D eigenvalue weighted by molar-refractivity contribution is 7.89. The minimum Gasteiger partial charge on any atom is -0.496 e. The van der Waals surface area contributed by atoms with E-state index in [0.29, 0.717) is 42.4 Å². The van der Waals surface area contributed by atoms with Gasteiger partial charge in [-0.2, -0.15) is 4.31 Å². The maximum absolute atomic E-state index is 13.3. The lowest BCUT2D eigenvalue weighted by molar-refractivity contribution is 0.383. The van der Waals surface area contributed by atoms with Crippen LogP contribution >= 0.6 is 0 Å². The van der Waals surface area contributed by atoms with Crippen molar-refractivity contribution < 1.29 is 13.2 Å². The van der Waals surface area contributed by atoms with Crippen LogP contribution in [0, 0.1) is 20.8 Å². The van der Waals surface area contributed by atoms with Gasteiger partial charge in [0, 0.05) is 44.6 Å². The van der Waals surface area contributed by atoms with Gasteiger partial charge < -0.3 is 9.64 Å². The summed E-state index contributed by atoms with van der Waals surface area (Å²) in [5, 5.41) is 0. The fourth-order valence-electron chi connectivity index (χ4n) is 3.82. The van der Waals surface area contributed by atoms with Crippen molar-refractivity contribution in [1.29, 1.82) is 0 Å². The Balaban J connectivity index is 1.52. The molecule has 1 saturated heterocycles. The molecular weight excluding hydrogens is 416 g/mol. The summed E-state index contributed by atoms with van der Waals surface area (Å²) in [6.45, 7) is 7.43. The van der Waals surface area contributed by atoms with Gasteiger partial charge in [0.25, 0.3) is 0 Å². The van der Waals surface area contributed by atoms with E-state index in [1.54, 1.807) is 36.7 Å². The number of methoxy groups -OCH3 is 1. The summed E-state index contributed by atoms with van der Waals surface area (Å²) in [7, 11) is -2.00. The second-order valence-electron chi connectivity index (χ2n) is 7.56. The first-order chi connectivity index (χ1) is 14.8. The Morgan fingerprint density at radius 2 is 1.61 bits per heavy atom.